The first-order valence-corrected chi connectivity index (χ1v) is 12.1. The molecule has 6 heteroatoms. The topological polar surface area (TPSA) is 9.23 Å². The quantitative estimate of drug-likeness (QED) is 0.195. The normalized spacial score (nSPS) is 11.2. The number of alkyl halides is 3. The maximum Gasteiger partial charge on any atom is 0.420 e. The van der Waals surface area contributed by atoms with Gasteiger partial charge in [-0.15, -0.1) is 0 Å². The first-order valence-electron chi connectivity index (χ1n) is 12.1. The molecule has 0 N–H and O–H groups in total. The molecular weight excluding hydrogens is 507 g/mol. The van der Waals surface area contributed by atoms with Crippen molar-refractivity contribution in [3.8, 4) is 11.5 Å². The van der Waals surface area contributed by atoms with Crippen molar-refractivity contribution in [1.29, 1.82) is 0 Å². The van der Waals surface area contributed by atoms with Gasteiger partial charge in [-0.1, -0.05) is 98.6 Å². The predicted molar refractivity (Wildman–Crippen MR) is 147 cm³/mol. The summed E-state index contributed by atoms with van der Waals surface area (Å²) in [5.74, 6) is -3.74. The van der Waals surface area contributed by atoms with Crippen molar-refractivity contribution in [2.24, 2.45) is 0 Å². The lowest BCUT2D eigenvalue weighted by Crippen LogP contribution is -2.17. The van der Waals surface area contributed by atoms with E-state index in [9.17, 15) is 13.2 Å². The highest BCUT2D eigenvalue weighted by Gasteiger charge is 2.42. The van der Waals surface area contributed by atoms with Gasteiger partial charge >= 0.3 is 6.18 Å². The molecule has 1 nitrogen and oxygen atoms in total. The van der Waals surface area contributed by atoms with Crippen LogP contribution < -0.4 is 4.74 Å². The molecule has 198 valence electrons. The summed E-state index contributed by atoms with van der Waals surface area (Å²) in [5, 5.41) is 0. The maximum absolute atomic E-state index is 16.0. The van der Waals surface area contributed by atoms with Crippen molar-refractivity contribution in [3.63, 3.8) is 0 Å². The second-order valence-corrected chi connectivity index (χ2v) is 8.91. The molecule has 4 aromatic rings. The first-order chi connectivity index (χ1) is 18.6. The van der Waals surface area contributed by atoms with Crippen molar-refractivity contribution >= 4 is 18.2 Å². The second-order valence-electron chi connectivity index (χ2n) is 8.91. The van der Waals surface area contributed by atoms with Crippen LogP contribution in [0.3, 0.4) is 0 Å². The number of ether oxygens (including phenoxy) is 1. The average molecular weight is 533 g/mol. The van der Waals surface area contributed by atoms with Crippen molar-refractivity contribution in [2.75, 3.05) is 0 Å². The zero-order valence-corrected chi connectivity index (χ0v) is 21.0. The van der Waals surface area contributed by atoms with Crippen molar-refractivity contribution in [3.05, 3.63) is 149 Å². The summed E-state index contributed by atoms with van der Waals surface area (Å²) in [7, 11) is 0. The smallest absolute Gasteiger partial charge is 0.420 e. The Balaban J connectivity index is 1.92. The van der Waals surface area contributed by atoms with Crippen molar-refractivity contribution < 1.29 is 26.7 Å². The molecule has 0 unspecified atom stereocenters. The van der Waals surface area contributed by atoms with Crippen LogP contribution in [0, 0.1) is 11.6 Å². The summed E-state index contributed by atoms with van der Waals surface area (Å²) in [6.45, 7) is 11.0. The molecule has 0 aromatic heterocycles. The van der Waals surface area contributed by atoms with Gasteiger partial charge in [0.05, 0.1) is 0 Å². The molecule has 39 heavy (non-hydrogen) atoms. The fraction of sp³-hybridized carbons (Fsp3) is 0.0909. The van der Waals surface area contributed by atoms with Crippen LogP contribution in [0.1, 0.15) is 44.5 Å². The van der Waals surface area contributed by atoms with E-state index in [4.69, 9.17) is 4.74 Å². The lowest BCUT2D eigenvalue weighted by molar-refractivity contribution is -0.139. The zero-order valence-electron chi connectivity index (χ0n) is 21.0. The van der Waals surface area contributed by atoms with E-state index in [1.165, 1.54) is 12.1 Å². The van der Waals surface area contributed by atoms with E-state index < -0.39 is 46.7 Å². The Morgan fingerprint density at radius 1 is 0.590 bits per heavy atom. The maximum atomic E-state index is 16.0. The minimum Gasteiger partial charge on any atom is -0.454 e. The molecule has 0 aliphatic heterocycles. The summed E-state index contributed by atoms with van der Waals surface area (Å²) < 4.78 is 80.9. The number of rotatable bonds is 9. The van der Waals surface area contributed by atoms with E-state index in [0.717, 1.165) is 11.1 Å². The van der Waals surface area contributed by atoms with Gasteiger partial charge in [0, 0.05) is 24.0 Å². The Morgan fingerprint density at radius 3 is 1.41 bits per heavy atom. The zero-order chi connectivity index (χ0) is 28.2. The summed E-state index contributed by atoms with van der Waals surface area (Å²) >= 11 is 0. The van der Waals surface area contributed by atoms with Crippen LogP contribution in [0.2, 0.25) is 0 Å². The molecule has 0 radical (unpaired) electrons. The van der Waals surface area contributed by atoms with Gasteiger partial charge in [0.25, 0.3) is 0 Å². The van der Waals surface area contributed by atoms with Gasteiger partial charge in [-0.25, -0.2) is 8.78 Å². The summed E-state index contributed by atoms with van der Waals surface area (Å²) in [5.41, 5.74) is 0.497. The molecule has 4 rings (SSSR count). The first kappa shape index (κ1) is 27.6. The predicted octanol–water partition coefficient (Wildman–Crippen LogP) is 9.89. The van der Waals surface area contributed by atoms with Gasteiger partial charge in [0.1, 0.15) is 17.1 Å². The Bertz CT molecular complexity index is 1420. The molecule has 0 fully saturated rings. The molecular formula is C33H25F5O. The van der Waals surface area contributed by atoms with E-state index in [-0.39, 0.29) is 12.2 Å². The third-order valence-corrected chi connectivity index (χ3v) is 6.33. The SMILES string of the molecule is C=Cc1ccc(Cc2c(F)c(Cc3ccc(C=C)cc3)c(C(F)(F)F)c(Oc3ccc(C=C)cc3)c2F)cc1. The van der Waals surface area contributed by atoms with E-state index in [2.05, 4.69) is 19.7 Å². The van der Waals surface area contributed by atoms with Crippen LogP contribution >= 0.6 is 0 Å². The number of hydrogen-bond acceptors (Lipinski definition) is 1. The van der Waals surface area contributed by atoms with Gasteiger partial charge in [0.15, 0.2) is 11.6 Å². The Kier molecular flexibility index (Phi) is 8.15. The standard InChI is InChI=1S/C33H25F5O/c1-4-21-7-11-24(12-8-21)19-27-29(33(36,37)38)32(39-26-17-15-23(6-3)16-18-26)31(35)28(30(27)34)20-25-13-9-22(5-2)10-14-25/h4-18H,1-3,19-20H2. The Morgan fingerprint density at radius 2 is 1.00 bits per heavy atom. The minimum atomic E-state index is -5.10. The highest BCUT2D eigenvalue weighted by molar-refractivity contribution is 5.55. The molecule has 0 aliphatic carbocycles. The molecule has 0 saturated carbocycles. The lowest BCUT2D eigenvalue weighted by Gasteiger charge is -2.22. The number of benzene rings is 4. The Labute approximate surface area is 224 Å². The van der Waals surface area contributed by atoms with E-state index in [0.29, 0.717) is 16.7 Å². The highest BCUT2D eigenvalue weighted by Crippen LogP contribution is 2.45. The molecule has 0 saturated heterocycles. The highest BCUT2D eigenvalue weighted by atomic mass is 19.4. The van der Waals surface area contributed by atoms with Crippen LogP contribution in [0.5, 0.6) is 11.5 Å². The van der Waals surface area contributed by atoms with E-state index in [1.807, 2.05) is 0 Å². The summed E-state index contributed by atoms with van der Waals surface area (Å²) in [4.78, 5) is 0. The lowest BCUT2D eigenvalue weighted by atomic mass is 9.91. The third kappa shape index (κ3) is 6.17. The number of halogens is 5. The van der Waals surface area contributed by atoms with E-state index in [1.54, 1.807) is 78.9 Å². The molecule has 0 spiro atoms. The van der Waals surface area contributed by atoms with Crippen LogP contribution in [0.15, 0.2) is 92.5 Å². The van der Waals surface area contributed by atoms with Gasteiger partial charge in [-0.2, -0.15) is 13.2 Å². The minimum absolute atomic E-state index is 0.0285. The molecule has 0 atom stereocenters. The summed E-state index contributed by atoms with van der Waals surface area (Å²) in [6, 6.07) is 19.2. The molecule has 0 aliphatic rings. The van der Waals surface area contributed by atoms with Crippen molar-refractivity contribution in [1.82, 2.24) is 0 Å². The summed E-state index contributed by atoms with van der Waals surface area (Å²) in [6.07, 6.45) is -1.05. The molecule has 0 amide bonds. The molecule has 0 bridgehead atoms. The van der Waals surface area contributed by atoms with Crippen LogP contribution in [-0.4, -0.2) is 0 Å². The third-order valence-electron chi connectivity index (χ3n) is 6.33. The molecule has 4 aromatic carbocycles. The fourth-order valence-corrected chi connectivity index (χ4v) is 4.23. The fourth-order valence-electron chi connectivity index (χ4n) is 4.23. The molecule has 0 heterocycles. The van der Waals surface area contributed by atoms with Crippen LogP contribution in [0.25, 0.3) is 18.2 Å². The van der Waals surface area contributed by atoms with Crippen LogP contribution in [0.4, 0.5) is 22.0 Å². The van der Waals surface area contributed by atoms with E-state index >= 15 is 8.78 Å². The largest absolute Gasteiger partial charge is 0.454 e. The van der Waals surface area contributed by atoms with Gasteiger partial charge < -0.3 is 4.74 Å². The number of hydrogen-bond donors (Lipinski definition) is 0. The van der Waals surface area contributed by atoms with Gasteiger partial charge in [-0.05, 0) is 39.9 Å². The van der Waals surface area contributed by atoms with Crippen LogP contribution in [-0.2, 0) is 19.0 Å². The average Bonchev–Trinajstić information content (AvgIpc) is 2.94. The van der Waals surface area contributed by atoms with Crippen molar-refractivity contribution in [2.45, 2.75) is 19.0 Å². The van der Waals surface area contributed by atoms with Gasteiger partial charge in [-0.3, -0.25) is 0 Å². The monoisotopic (exact) mass is 532 g/mol. The van der Waals surface area contributed by atoms with Gasteiger partial charge in [0.2, 0.25) is 0 Å². The Hall–Kier alpha value is -4.45. The second kappa shape index (κ2) is 11.5.